The Kier molecular flexibility index (Phi) is 6.33. The topological polar surface area (TPSA) is 111 Å². The average Bonchev–Trinajstić information content (AvgIpc) is 3.61. The lowest BCUT2D eigenvalue weighted by atomic mass is 9.95. The Hall–Kier alpha value is -3.98. The SMILES string of the molecule is Cc1ccc([N+](=O)[O-])cc1-c1ccc(/C=N\c2sc3c(c2C(=O)NCc2ccco2)CCCC3)o1. The maximum atomic E-state index is 13.1. The summed E-state index contributed by atoms with van der Waals surface area (Å²) in [4.78, 5) is 29.7. The van der Waals surface area contributed by atoms with Gasteiger partial charge in [-0.25, -0.2) is 4.99 Å². The van der Waals surface area contributed by atoms with Crippen LogP contribution < -0.4 is 5.32 Å². The predicted octanol–water partition coefficient (Wildman–Crippen LogP) is 6.38. The largest absolute Gasteiger partial charge is 0.467 e. The van der Waals surface area contributed by atoms with E-state index in [2.05, 4.69) is 10.3 Å². The molecule has 0 unspecified atom stereocenters. The summed E-state index contributed by atoms with van der Waals surface area (Å²) in [6.07, 6.45) is 7.14. The van der Waals surface area contributed by atoms with Crippen molar-refractivity contribution >= 4 is 34.1 Å². The maximum Gasteiger partial charge on any atom is 0.270 e. The Morgan fingerprint density at radius 3 is 2.89 bits per heavy atom. The van der Waals surface area contributed by atoms with Gasteiger partial charge in [-0.15, -0.1) is 11.3 Å². The van der Waals surface area contributed by atoms with Crippen LogP contribution in [-0.2, 0) is 19.4 Å². The van der Waals surface area contributed by atoms with Crippen molar-refractivity contribution in [2.45, 2.75) is 39.2 Å². The van der Waals surface area contributed by atoms with Crippen molar-refractivity contribution in [1.82, 2.24) is 5.32 Å². The molecule has 1 N–H and O–H groups in total. The maximum absolute atomic E-state index is 13.1. The molecule has 0 fully saturated rings. The van der Waals surface area contributed by atoms with E-state index in [1.54, 1.807) is 48.1 Å². The Morgan fingerprint density at radius 1 is 1.23 bits per heavy atom. The zero-order valence-corrected chi connectivity index (χ0v) is 19.9. The molecule has 0 spiro atoms. The van der Waals surface area contributed by atoms with Gasteiger partial charge in [-0.1, -0.05) is 6.07 Å². The Labute approximate surface area is 205 Å². The second-order valence-electron chi connectivity index (χ2n) is 8.37. The summed E-state index contributed by atoms with van der Waals surface area (Å²) in [7, 11) is 0. The lowest BCUT2D eigenvalue weighted by molar-refractivity contribution is -0.384. The number of carbonyl (C=O) groups is 1. The van der Waals surface area contributed by atoms with Crippen LogP contribution in [0.3, 0.4) is 0 Å². The molecule has 1 aliphatic rings. The first-order valence-electron chi connectivity index (χ1n) is 11.3. The van der Waals surface area contributed by atoms with Crippen LogP contribution in [0.25, 0.3) is 11.3 Å². The highest BCUT2D eigenvalue weighted by Crippen LogP contribution is 2.40. The van der Waals surface area contributed by atoms with E-state index in [1.165, 1.54) is 17.0 Å². The van der Waals surface area contributed by atoms with Crippen molar-refractivity contribution in [3.63, 3.8) is 0 Å². The molecule has 1 aromatic carbocycles. The molecule has 35 heavy (non-hydrogen) atoms. The number of nitro benzene ring substituents is 1. The molecule has 5 rings (SSSR count). The number of fused-ring (bicyclic) bond motifs is 1. The third kappa shape index (κ3) is 4.81. The molecule has 9 heteroatoms. The molecule has 0 radical (unpaired) electrons. The molecule has 4 aromatic rings. The highest BCUT2D eigenvalue weighted by molar-refractivity contribution is 7.16. The number of furan rings is 2. The van der Waals surface area contributed by atoms with Crippen molar-refractivity contribution in [2.75, 3.05) is 0 Å². The lowest BCUT2D eigenvalue weighted by Gasteiger charge is -2.12. The second-order valence-corrected chi connectivity index (χ2v) is 9.45. The molecule has 0 saturated carbocycles. The van der Waals surface area contributed by atoms with Crippen LogP contribution in [0.2, 0.25) is 0 Å². The van der Waals surface area contributed by atoms with Crippen molar-refractivity contribution in [3.05, 3.63) is 91.9 Å². The van der Waals surface area contributed by atoms with E-state index < -0.39 is 4.92 Å². The summed E-state index contributed by atoms with van der Waals surface area (Å²) >= 11 is 1.54. The number of non-ortho nitro benzene ring substituents is 1. The standard InChI is InChI=1S/C26H23N3O5S/c1-16-8-9-17(29(31)32)13-21(16)22-11-10-19(34-22)15-28-26-24(20-6-2-3-7-23(20)35-26)25(30)27-14-18-5-4-12-33-18/h4-5,8-13,15H,2-3,6-7,14H2,1H3,(H,27,30)/b28-15-. The molecule has 0 saturated heterocycles. The van der Waals surface area contributed by atoms with Gasteiger partial charge >= 0.3 is 0 Å². The molecule has 0 atom stereocenters. The quantitative estimate of drug-likeness (QED) is 0.184. The van der Waals surface area contributed by atoms with Crippen LogP contribution in [-0.4, -0.2) is 17.0 Å². The van der Waals surface area contributed by atoms with Gasteiger partial charge in [0.15, 0.2) is 0 Å². The molecule has 0 bridgehead atoms. The minimum Gasteiger partial charge on any atom is -0.467 e. The summed E-state index contributed by atoms with van der Waals surface area (Å²) in [6.45, 7) is 2.18. The van der Waals surface area contributed by atoms with E-state index >= 15 is 0 Å². The number of rotatable bonds is 7. The van der Waals surface area contributed by atoms with Crippen LogP contribution in [0.5, 0.6) is 0 Å². The third-order valence-electron chi connectivity index (χ3n) is 6.02. The van der Waals surface area contributed by atoms with Gasteiger partial charge in [0.05, 0.1) is 29.5 Å². The zero-order valence-electron chi connectivity index (χ0n) is 19.1. The van der Waals surface area contributed by atoms with Gasteiger partial charge in [-0.2, -0.15) is 0 Å². The minimum atomic E-state index is -0.425. The monoisotopic (exact) mass is 489 g/mol. The van der Waals surface area contributed by atoms with Crippen molar-refractivity contribution in [1.29, 1.82) is 0 Å². The van der Waals surface area contributed by atoms with E-state index in [0.29, 0.717) is 40.0 Å². The number of aliphatic imine (C=N–C) groups is 1. The van der Waals surface area contributed by atoms with E-state index in [1.807, 2.05) is 13.0 Å². The Bertz CT molecular complexity index is 1410. The van der Waals surface area contributed by atoms with Crippen molar-refractivity contribution in [3.8, 4) is 11.3 Å². The number of nitrogens with one attached hydrogen (secondary N) is 1. The number of benzene rings is 1. The molecule has 8 nitrogen and oxygen atoms in total. The molecular formula is C26H23N3O5S. The van der Waals surface area contributed by atoms with Crippen LogP contribution in [0, 0.1) is 17.0 Å². The molecule has 1 amide bonds. The fourth-order valence-electron chi connectivity index (χ4n) is 4.22. The molecular weight excluding hydrogens is 466 g/mol. The molecule has 0 aliphatic heterocycles. The van der Waals surface area contributed by atoms with Crippen molar-refractivity contribution < 1.29 is 18.6 Å². The number of nitro groups is 1. The third-order valence-corrected chi connectivity index (χ3v) is 7.22. The molecule has 178 valence electrons. The van der Waals surface area contributed by atoms with E-state index in [4.69, 9.17) is 8.83 Å². The minimum absolute atomic E-state index is 0.00610. The van der Waals surface area contributed by atoms with Gasteiger partial charge in [0.1, 0.15) is 22.3 Å². The van der Waals surface area contributed by atoms with Gasteiger partial charge in [0.25, 0.3) is 11.6 Å². The molecule has 3 heterocycles. The van der Waals surface area contributed by atoms with Crippen molar-refractivity contribution in [2.24, 2.45) is 4.99 Å². The number of carbonyl (C=O) groups excluding carboxylic acids is 1. The lowest BCUT2D eigenvalue weighted by Crippen LogP contribution is -2.23. The van der Waals surface area contributed by atoms with Crippen LogP contribution in [0.15, 0.2) is 62.6 Å². The van der Waals surface area contributed by atoms with Gasteiger partial charge in [-0.3, -0.25) is 14.9 Å². The number of hydrogen-bond acceptors (Lipinski definition) is 7. The summed E-state index contributed by atoms with van der Waals surface area (Å²) in [5, 5.41) is 14.8. The number of nitrogens with zero attached hydrogens (tertiary/aromatic N) is 2. The predicted molar refractivity (Wildman–Crippen MR) is 134 cm³/mol. The van der Waals surface area contributed by atoms with E-state index in [-0.39, 0.29) is 11.6 Å². The number of amides is 1. The molecule has 3 aromatic heterocycles. The first-order valence-corrected chi connectivity index (χ1v) is 12.2. The highest BCUT2D eigenvalue weighted by atomic mass is 32.1. The Balaban J connectivity index is 1.41. The first-order chi connectivity index (χ1) is 17.0. The van der Waals surface area contributed by atoms with Crippen LogP contribution in [0.4, 0.5) is 10.7 Å². The fourth-order valence-corrected chi connectivity index (χ4v) is 5.45. The van der Waals surface area contributed by atoms with Gasteiger partial charge in [0, 0.05) is 22.6 Å². The summed E-state index contributed by atoms with van der Waals surface area (Å²) in [5.74, 6) is 1.54. The summed E-state index contributed by atoms with van der Waals surface area (Å²) < 4.78 is 11.3. The normalized spacial score (nSPS) is 13.2. The Morgan fingerprint density at radius 2 is 2.09 bits per heavy atom. The summed E-state index contributed by atoms with van der Waals surface area (Å²) in [6, 6.07) is 11.8. The van der Waals surface area contributed by atoms with Gasteiger partial charge in [-0.05, 0) is 68.0 Å². The van der Waals surface area contributed by atoms with Crippen LogP contribution >= 0.6 is 11.3 Å². The number of hydrogen-bond donors (Lipinski definition) is 1. The number of aryl methyl sites for hydroxylation is 2. The number of thiophene rings is 1. The average molecular weight is 490 g/mol. The van der Waals surface area contributed by atoms with Gasteiger partial charge in [0.2, 0.25) is 0 Å². The van der Waals surface area contributed by atoms with Gasteiger partial charge < -0.3 is 14.2 Å². The van der Waals surface area contributed by atoms with E-state index in [9.17, 15) is 14.9 Å². The smallest absolute Gasteiger partial charge is 0.270 e. The van der Waals surface area contributed by atoms with E-state index in [0.717, 1.165) is 36.8 Å². The molecule has 1 aliphatic carbocycles. The highest BCUT2D eigenvalue weighted by Gasteiger charge is 2.25. The fraction of sp³-hybridized carbons (Fsp3) is 0.231. The zero-order chi connectivity index (χ0) is 24.4. The second kappa shape index (κ2) is 9.71. The first kappa shape index (κ1) is 22.8. The summed E-state index contributed by atoms with van der Waals surface area (Å²) in [5.41, 5.74) is 3.23. The van der Waals surface area contributed by atoms with Crippen LogP contribution in [0.1, 0.15) is 50.7 Å².